The minimum atomic E-state index is -0.591. The van der Waals surface area contributed by atoms with Crippen LogP contribution in [-0.4, -0.2) is 22.5 Å². The van der Waals surface area contributed by atoms with E-state index >= 15 is 0 Å². The quantitative estimate of drug-likeness (QED) is 0.548. The molecular weight excluding hydrogens is 161 g/mol. The summed E-state index contributed by atoms with van der Waals surface area (Å²) in [6, 6.07) is 0.295. The highest BCUT2D eigenvalue weighted by Crippen LogP contribution is 2.37. The summed E-state index contributed by atoms with van der Waals surface area (Å²) in [7, 11) is 0. The zero-order valence-electron chi connectivity index (χ0n) is 6.59. The molecule has 0 N–H and O–H groups in total. The van der Waals surface area contributed by atoms with Crippen LogP contribution >= 0.6 is 11.8 Å². The normalized spacial score (nSPS) is 43.5. The maximum Gasteiger partial charge on any atom is 0.102 e. The van der Waals surface area contributed by atoms with Crippen LogP contribution in [0.1, 0.15) is 26.2 Å². The van der Waals surface area contributed by atoms with E-state index in [-0.39, 0.29) is 0 Å². The number of halogens is 1. The minimum Gasteiger partial charge on any atom is -0.279 e. The predicted molar refractivity (Wildman–Crippen MR) is 47.0 cm³/mol. The van der Waals surface area contributed by atoms with Crippen LogP contribution in [0.25, 0.3) is 0 Å². The highest BCUT2D eigenvalue weighted by atomic mass is 32.2. The molecule has 0 bridgehead atoms. The molecule has 0 amide bonds. The van der Waals surface area contributed by atoms with Crippen LogP contribution in [0.4, 0.5) is 4.39 Å². The number of thioether (sulfide) groups is 1. The van der Waals surface area contributed by atoms with E-state index in [2.05, 4.69) is 4.99 Å². The van der Waals surface area contributed by atoms with Crippen molar-refractivity contribution in [3.8, 4) is 0 Å². The fourth-order valence-electron chi connectivity index (χ4n) is 1.83. The molecule has 3 atom stereocenters. The summed E-state index contributed by atoms with van der Waals surface area (Å²) < 4.78 is 12.9. The topological polar surface area (TPSA) is 12.4 Å². The highest BCUT2D eigenvalue weighted by Gasteiger charge is 2.34. The Hall–Kier alpha value is -0.0500. The molecular formula is C8H12FNS. The second kappa shape index (κ2) is 2.77. The van der Waals surface area contributed by atoms with Crippen molar-refractivity contribution in [2.45, 2.75) is 43.6 Å². The van der Waals surface area contributed by atoms with E-state index < -0.39 is 6.17 Å². The largest absolute Gasteiger partial charge is 0.279 e. The Bertz CT molecular complexity index is 193. The maximum absolute atomic E-state index is 12.9. The first-order valence-corrected chi connectivity index (χ1v) is 4.99. The number of hydrogen-bond acceptors (Lipinski definition) is 2. The van der Waals surface area contributed by atoms with Crippen molar-refractivity contribution < 1.29 is 4.39 Å². The number of rotatable bonds is 0. The fraction of sp³-hybridized carbons (Fsp3) is 0.875. The molecule has 62 valence electrons. The number of fused-ring (bicyclic) bond motifs is 1. The van der Waals surface area contributed by atoms with Crippen LogP contribution in [0.3, 0.4) is 0 Å². The molecule has 0 radical (unpaired) electrons. The van der Waals surface area contributed by atoms with E-state index in [1.54, 1.807) is 0 Å². The first-order valence-electron chi connectivity index (χ1n) is 4.11. The smallest absolute Gasteiger partial charge is 0.102 e. The zero-order chi connectivity index (χ0) is 7.84. The van der Waals surface area contributed by atoms with E-state index in [0.717, 1.165) is 17.9 Å². The van der Waals surface area contributed by atoms with Crippen molar-refractivity contribution in [2.75, 3.05) is 0 Å². The van der Waals surface area contributed by atoms with E-state index in [1.807, 2.05) is 18.7 Å². The molecule has 0 aromatic heterocycles. The van der Waals surface area contributed by atoms with Crippen LogP contribution < -0.4 is 0 Å². The molecule has 11 heavy (non-hydrogen) atoms. The van der Waals surface area contributed by atoms with E-state index in [1.165, 1.54) is 0 Å². The van der Waals surface area contributed by atoms with Crippen LogP contribution in [-0.2, 0) is 0 Å². The molecule has 2 rings (SSSR count). The van der Waals surface area contributed by atoms with E-state index in [0.29, 0.717) is 17.7 Å². The molecule has 0 spiro atoms. The summed E-state index contributed by atoms with van der Waals surface area (Å²) in [5.41, 5.74) is 0. The molecule has 0 saturated heterocycles. The number of nitrogens with zero attached hydrogens (tertiary/aromatic N) is 1. The van der Waals surface area contributed by atoms with Gasteiger partial charge < -0.3 is 0 Å². The Morgan fingerprint density at radius 2 is 2.36 bits per heavy atom. The van der Waals surface area contributed by atoms with Gasteiger partial charge in [-0.2, -0.15) is 0 Å². The summed E-state index contributed by atoms with van der Waals surface area (Å²) in [5, 5.41) is 1.75. The van der Waals surface area contributed by atoms with Gasteiger partial charge in [-0.15, -0.1) is 11.8 Å². The summed E-state index contributed by atoms with van der Waals surface area (Å²) in [4.78, 5) is 4.40. The van der Waals surface area contributed by atoms with Gasteiger partial charge >= 0.3 is 0 Å². The third kappa shape index (κ3) is 1.43. The molecule has 3 heteroatoms. The lowest BCUT2D eigenvalue weighted by Crippen LogP contribution is -2.28. The average molecular weight is 173 g/mol. The molecule has 3 unspecified atom stereocenters. The lowest BCUT2D eigenvalue weighted by atomic mass is 9.94. The van der Waals surface area contributed by atoms with Gasteiger partial charge in [0, 0.05) is 11.7 Å². The maximum atomic E-state index is 12.9. The first kappa shape index (κ1) is 7.59. The van der Waals surface area contributed by atoms with Gasteiger partial charge in [-0.05, 0) is 19.8 Å². The number of hydrogen-bond donors (Lipinski definition) is 0. The number of aliphatic imine (C=N–C) groups is 1. The average Bonchev–Trinajstić information content (AvgIpc) is 2.27. The molecule has 1 aliphatic heterocycles. The second-order valence-electron chi connectivity index (χ2n) is 3.28. The molecule has 1 fully saturated rings. The molecule has 0 aromatic carbocycles. The lowest BCUT2D eigenvalue weighted by molar-refractivity contribution is 0.239. The van der Waals surface area contributed by atoms with Crippen molar-refractivity contribution in [1.82, 2.24) is 0 Å². The zero-order valence-corrected chi connectivity index (χ0v) is 7.40. The van der Waals surface area contributed by atoms with Crippen LogP contribution in [0.2, 0.25) is 0 Å². The summed E-state index contributed by atoms with van der Waals surface area (Å²) in [6.45, 7) is 2.02. The van der Waals surface area contributed by atoms with Crippen LogP contribution in [0.5, 0.6) is 0 Å². The van der Waals surface area contributed by atoms with E-state index in [9.17, 15) is 4.39 Å². The fourth-order valence-corrected chi connectivity index (χ4v) is 3.04. The Kier molecular flexibility index (Phi) is 1.91. The molecule has 2 aliphatic rings. The van der Waals surface area contributed by atoms with Crippen molar-refractivity contribution in [3.05, 3.63) is 0 Å². The van der Waals surface area contributed by atoms with Gasteiger partial charge in [0.15, 0.2) is 0 Å². The van der Waals surface area contributed by atoms with Gasteiger partial charge in [-0.25, -0.2) is 4.39 Å². The van der Waals surface area contributed by atoms with Crippen molar-refractivity contribution in [2.24, 2.45) is 4.99 Å². The van der Waals surface area contributed by atoms with Gasteiger partial charge in [0.2, 0.25) is 0 Å². The monoisotopic (exact) mass is 173 g/mol. The van der Waals surface area contributed by atoms with Gasteiger partial charge in [0.25, 0.3) is 0 Å². The summed E-state index contributed by atoms with van der Waals surface area (Å²) >= 11 is 1.83. The molecule has 1 saturated carbocycles. The molecule has 1 heterocycles. The van der Waals surface area contributed by atoms with Crippen molar-refractivity contribution >= 4 is 16.8 Å². The van der Waals surface area contributed by atoms with E-state index in [4.69, 9.17) is 0 Å². The SMILES string of the molecule is CC1=NC2CC(F)CCC2S1. The minimum absolute atomic E-state index is 0.295. The molecule has 1 nitrogen and oxygen atoms in total. The number of alkyl halides is 1. The summed E-state index contributed by atoms with van der Waals surface area (Å²) in [5.74, 6) is 0. The lowest BCUT2D eigenvalue weighted by Gasteiger charge is -2.24. The standard InChI is InChI=1S/C8H12FNS/c1-5-10-7-4-6(9)2-3-8(7)11-5/h6-8H,2-4H2,1H3. The van der Waals surface area contributed by atoms with Crippen molar-refractivity contribution in [1.29, 1.82) is 0 Å². The molecule has 1 aliphatic carbocycles. The second-order valence-corrected chi connectivity index (χ2v) is 4.71. The van der Waals surface area contributed by atoms with Crippen molar-refractivity contribution in [3.63, 3.8) is 0 Å². The summed E-state index contributed by atoms with van der Waals surface area (Å²) in [6.07, 6.45) is 1.83. The third-order valence-corrected chi connectivity index (χ3v) is 3.66. The Labute approximate surface area is 70.5 Å². The third-order valence-electron chi connectivity index (χ3n) is 2.36. The predicted octanol–water partition coefficient (Wildman–Crippen LogP) is 2.41. The van der Waals surface area contributed by atoms with Gasteiger partial charge in [0.1, 0.15) is 6.17 Å². The van der Waals surface area contributed by atoms with Crippen LogP contribution in [0, 0.1) is 0 Å². The highest BCUT2D eigenvalue weighted by molar-refractivity contribution is 8.14. The molecule has 0 aromatic rings. The first-order chi connectivity index (χ1) is 5.25. The van der Waals surface area contributed by atoms with Gasteiger partial charge in [-0.1, -0.05) is 0 Å². The Morgan fingerprint density at radius 3 is 3.18 bits per heavy atom. The van der Waals surface area contributed by atoms with Gasteiger partial charge in [-0.3, -0.25) is 4.99 Å². The Morgan fingerprint density at radius 1 is 1.55 bits per heavy atom. The Balaban J connectivity index is 2.05. The van der Waals surface area contributed by atoms with Gasteiger partial charge in [0.05, 0.1) is 11.1 Å². The van der Waals surface area contributed by atoms with Crippen LogP contribution in [0.15, 0.2) is 4.99 Å².